The number of aromatic nitrogens is 1. The van der Waals surface area contributed by atoms with E-state index in [9.17, 15) is 14.4 Å². The number of carbonyl (C=O) groups is 1. The maximum absolute atomic E-state index is 13.5. The summed E-state index contributed by atoms with van der Waals surface area (Å²) in [6.45, 7) is 3.64. The summed E-state index contributed by atoms with van der Waals surface area (Å²) in [4.78, 5) is 40.7. The van der Waals surface area contributed by atoms with Crippen LogP contribution in [0, 0.1) is 12.8 Å². The molecule has 0 N–H and O–H groups in total. The molecule has 7 heteroatoms. The van der Waals surface area contributed by atoms with Crippen LogP contribution in [0.4, 0.5) is 0 Å². The maximum Gasteiger partial charge on any atom is 0.340 e. The van der Waals surface area contributed by atoms with Crippen LogP contribution in [-0.4, -0.2) is 28.5 Å². The lowest BCUT2D eigenvalue weighted by Crippen LogP contribution is -2.49. The van der Waals surface area contributed by atoms with Crippen LogP contribution in [0.5, 0.6) is 0 Å². The Bertz CT molecular complexity index is 1850. The zero-order valence-corrected chi connectivity index (χ0v) is 21.0. The molecule has 2 unspecified atom stereocenters. The van der Waals surface area contributed by atoms with Gasteiger partial charge in [-0.25, -0.2) is 4.79 Å². The van der Waals surface area contributed by atoms with Crippen molar-refractivity contribution < 1.29 is 13.6 Å². The summed E-state index contributed by atoms with van der Waals surface area (Å²) in [5.41, 5.74) is 4.74. The fourth-order valence-corrected chi connectivity index (χ4v) is 6.32. The Labute approximate surface area is 217 Å². The van der Waals surface area contributed by atoms with E-state index in [0.717, 1.165) is 39.6 Å². The minimum atomic E-state index is -0.494. The second-order valence-corrected chi connectivity index (χ2v) is 10.5. The van der Waals surface area contributed by atoms with Gasteiger partial charge in [-0.05, 0) is 42.5 Å². The first-order chi connectivity index (χ1) is 18.5. The Morgan fingerprint density at radius 2 is 1.79 bits per heavy atom. The van der Waals surface area contributed by atoms with Gasteiger partial charge in [-0.1, -0.05) is 36.4 Å². The molecule has 5 heterocycles. The second-order valence-electron chi connectivity index (χ2n) is 10.5. The average Bonchev–Trinajstić information content (AvgIpc) is 3.34. The molecule has 2 atom stereocenters. The molecule has 3 aromatic heterocycles. The highest BCUT2D eigenvalue weighted by Gasteiger charge is 2.36. The first-order valence-corrected chi connectivity index (χ1v) is 13.0. The van der Waals surface area contributed by atoms with Gasteiger partial charge in [0, 0.05) is 59.7 Å². The van der Waals surface area contributed by atoms with E-state index < -0.39 is 5.63 Å². The zero-order chi connectivity index (χ0) is 26.0. The second kappa shape index (κ2) is 8.58. The minimum Gasteiger partial charge on any atom is -0.464 e. The van der Waals surface area contributed by atoms with Crippen LogP contribution in [0.3, 0.4) is 0 Å². The molecule has 190 valence electrons. The third-order valence-electron chi connectivity index (χ3n) is 8.23. The molecule has 38 heavy (non-hydrogen) atoms. The predicted molar refractivity (Wildman–Crippen MR) is 144 cm³/mol. The largest absolute Gasteiger partial charge is 0.464 e. The highest BCUT2D eigenvalue weighted by Crippen LogP contribution is 2.36. The highest BCUT2D eigenvalue weighted by atomic mass is 16.4. The van der Waals surface area contributed by atoms with E-state index in [4.69, 9.17) is 8.83 Å². The Hall–Kier alpha value is -4.39. The van der Waals surface area contributed by atoms with Crippen LogP contribution < -0.4 is 11.2 Å². The number of furan rings is 1. The van der Waals surface area contributed by atoms with E-state index in [2.05, 4.69) is 0 Å². The average molecular weight is 507 g/mol. The Kier molecular flexibility index (Phi) is 5.15. The van der Waals surface area contributed by atoms with Crippen molar-refractivity contribution in [1.82, 2.24) is 9.47 Å². The summed E-state index contributed by atoms with van der Waals surface area (Å²) in [6, 6.07) is 19.1. The van der Waals surface area contributed by atoms with E-state index in [-0.39, 0.29) is 29.7 Å². The summed E-state index contributed by atoms with van der Waals surface area (Å²) in [5.74, 6) is 0.265. The summed E-state index contributed by atoms with van der Waals surface area (Å²) >= 11 is 0. The molecule has 1 fully saturated rings. The zero-order valence-electron chi connectivity index (χ0n) is 21.0. The van der Waals surface area contributed by atoms with Crippen LogP contribution in [0.15, 0.2) is 85.4 Å². The minimum absolute atomic E-state index is 0.0138. The van der Waals surface area contributed by atoms with E-state index in [1.54, 1.807) is 24.5 Å². The molecule has 5 aromatic rings. The number of hydrogen-bond donors (Lipinski definition) is 0. The topological polar surface area (TPSA) is 85.7 Å². The number of rotatable bonds is 3. The van der Waals surface area contributed by atoms with Gasteiger partial charge in [0.15, 0.2) is 0 Å². The number of likely N-dealkylation sites (tertiary alicyclic amines) is 1. The van der Waals surface area contributed by atoms with Crippen LogP contribution in [0.2, 0.25) is 0 Å². The van der Waals surface area contributed by atoms with Crippen LogP contribution in [0.1, 0.15) is 29.2 Å². The monoisotopic (exact) mass is 506 g/mol. The van der Waals surface area contributed by atoms with Gasteiger partial charge in [0.25, 0.3) is 5.56 Å². The number of piperidine rings is 1. The first-order valence-electron chi connectivity index (χ1n) is 13.0. The molecule has 1 amide bonds. The lowest BCUT2D eigenvalue weighted by atomic mass is 9.83. The molecular weight excluding hydrogens is 480 g/mol. The maximum atomic E-state index is 13.5. The number of pyridine rings is 1. The van der Waals surface area contributed by atoms with Gasteiger partial charge in [0.2, 0.25) is 5.91 Å². The van der Waals surface area contributed by atoms with E-state index >= 15 is 0 Å². The highest BCUT2D eigenvalue weighted by molar-refractivity contribution is 6.02. The number of fused-ring (bicyclic) bond motifs is 6. The van der Waals surface area contributed by atoms with Gasteiger partial charge in [-0.2, -0.15) is 0 Å². The summed E-state index contributed by atoms with van der Waals surface area (Å²) in [7, 11) is 0. The molecule has 2 aliphatic rings. The number of aryl methyl sites for hydroxylation is 1. The Morgan fingerprint density at radius 3 is 2.63 bits per heavy atom. The number of benzene rings is 2. The van der Waals surface area contributed by atoms with Crippen LogP contribution >= 0.6 is 0 Å². The quantitative estimate of drug-likeness (QED) is 0.326. The smallest absolute Gasteiger partial charge is 0.340 e. The van der Waals surface area contributed by atoms with Crippen LogP contribution in [0.25, 0.3) is 33.1 Å². The van der Waals surface area contributed by atoms with Crippen molar-refractivity contribution in [2.24, 2.45) is 5.92 Å². The molecule has 2 bridgehead atoms. The molecule has 7 nitrogen and oxygen atoms in total. The molecule has 1 saturated heterocycles. The Balaban J connectivity index is 1.22. The number of carbonyl (C=O) groups excluding carboxylic acids is 1. The molecule has 7 rings (SSSR count). The molecule has 0 spiro atoms. The molecule has 0 aliphatic carbocycles. The molecular formula is C31H26N2O5. The fraction of sp³-hybridized carbons (Fsp3) is 0.258. The lowest BCUT2D eigenvalue weighted by molar-refractivity contribution is -0.133. The van der Waals surface area contributed by atoms with Gasteiger partial charge in [0.05, 0.1) is 18.2 Å². The van der Waals surface area contributed by atoms with Gasteiger partial charge in [-0.3, -0.25) is 9.59 Å². The SMILES string of the molecule is Cc1c(CC(=O)N2CC3CC(C2)c2cccc(=O)n2C3)c(=O)oc2cc3occ(-c4ccccc4)c3cc12. The third kappa shape index (κ3) is 3.61. The van der Waals surface area contributed by atoms with Crippen molar-refractivity contribution in [3.05, 3.63) is 105 Å². The van der Waals surface area contributed by atoms with E-state index in [1.165, 1.54) is 0 Å². The number of hydrogen-bond acceptors (Lipinski definition) is 5. The van der Waals surface area contributed by atoms with Crippen LogP contribution in [-0.2, 0) is 17.8 Å². The summed E-state index contributed by atoms with van der Waals surface area (Å²) in [5, 5.41) is 1.72. The van der Waals surface area contributed by atoms with Crippen molar-refractivity contribution in [3.63, 3.8) is 0 Å². The van der Waals surface area contributed by atoms with E-state index in [0.29, 0.717) is 36.4 Å². The van der Waals surface area contributed by atoms with Gasteiger partial charge in [0.1, 0.15) is 11.2 Å². The summed E-state index contributed by atoms with van der Waals surface area (Å²) in [6.07, 6.45) is 2.67. The third-order valence-corrected chi connectivity index (χ3v) is 8.23. The first kappa shape index (κ1) is 22.8. The van der Waals surface area contributed by atoms with E-state index in [1.807, 2.05) is 58.9 Å². The molecule has 2 aromatic carbocycles. The summed E-state index contributed by atoms with van der Waals surface area (Å²) < 4.78 is 13.3. The standard InChI is InChI=1S/C31H26N2O5/c1-18-22-11-24-25(20-6-3-2-4-7-20)17-37-27(24)13-28(22)38-31(36)23(18)12-30(35)32-14-19-10-21(16-32)26-8-5-9-29(34)33(26)15-19/h2-9,11,13,17,19,21H,10,12,14-16H2,1H3. The van der Waals surface area contributed by atoms with Crippen molar-refractivity contribution in [1.29, 1.82) is 0 Å². The van der Waals surface area contributed by atoms with Crippen molar-refractivity contribution in [2.75, 3.05) is 13.1 Å². The predicted octanol–water partition coefficient (Wildman–Crippen LogP) is 4.86. The van der Waals surface area contributed by atoms with Gasteiger partial charge >= 0.3 is 5.63 Å². The van der Waals surface area contributed by atoms with Gasteiger partial charge in [-0.15, -0.1) is 0 Å². The van der Waals surface area contributed by atoms with Gasteiger partial charge < -0.3 is 18.3 Å². The van der Waals surface area contributed by atoms with Crippen molar-refractivity contribution in [3.8, 4) is 11.1 Å². The Morgan fingerprint density at radius 1 is 0.947 bits per heavy atom. The number of amides is 1. The lowest BCUT2D eigenvalue weighted by Gasteiger charge is -2.42. The molecule has 2 aliphatic heterocycles. The normalized spacial score (nSPS) is 18.6. The molecule has 0 saturated carbocycles. The molecule has 0 radical (unpaired) electrons. The van der Waals surface area contributed by atoms with Crippen molar-refractivity contribution in [2.45, 2.75) is 32.2 Å². The number of nitrogens with zero attached hydrogens (tertiary/aromatic N) is 2. The van der Waals surface area contributed by atoms with Crippen molar-refractivity contribution >= 4 is 27.8 Å². The fourth-order valence-electron chi connectivity index (χ4n) is 6.32.